The molecule has 0 radical (unpaired) electrons. The van der Waals surface area contributed by atoms with Crippen LogP contribution in [0.25, 0.3) is 0 Å². The molecular formula is C15H17BrN4O. The highest BCUT2D eigenvalue weighted by atomic mass is 79.9. The van der Waals surface area contributed by atoms with Crippen LogP contribution in [0.3, 0.4) is 0 Å². The fraction of sp³-hybridized carbons (Fsp3) is 0.400. The molecule has 1 N–H and O–H groups in total. The summed E-state index contributed by atoms with van der Waals surface area (Å²) in [4.78, 5) is 16.3. The second kappa shape index (κ2) is 6.39. The zero-order valence-electron chi connectivity index (χ0n) is 11.6. The first-order valence-corrected chi connectivity index (χ1v) is 7.99. The molecule has 0 aromatic carbocycles. The van der Waals surface area contributed by atoms with E-state index in [4.69, 9.17) is 0 Å². The number of nitrogens with zero attached hydrogens (tertiary/aromatic N) is 3. The summed E-state index contributed by atoms with van der Waals surface area (Å²) in [5.41, 5.74) is 0.528. The lowest BCUT2D eigenvalue weighted by Gasteiger charge is -2.23. The monoisotopic (exact) mass is 348 g/mol. The molecule has 110 valence electrons. The Balaban J connectivity index is 1.76. The lowest BCUT2D eigenvalue weighted by atomic mass is 9.96. The maximum absolute atomic E-state index is 12.3. The van der Waals surface area contributed by atoms with Crippen molar-refractivity contribution in [2.45, 2.75) is 38.1 Å². The Labute approximate surface area is 131 Å². The molecular weight excluding hydrogens is 332 g/mol. The molecule has 2 heterocycles. The normalized spacial score (nSPS) is 15.9. The van der Waals surface area contributed by atoms with Gasteiger partial charge in [-0.2, -0.15) is 5.10 Å². The number of carbonyl (C=O) groups is 1. The third-order valence-corrected chi connectivity index (χ3v) is 4.23. The number of pyridine rings is 1. The summed E-state index contributed by atoms with van der Waals surface area (Å²) >= 11 is 3.33. The topological polar surface area (TPSA) is 59.8 Å². The van der Waals surface area contributed by atoms with Gasteiger partial charge in [0, 0.05) is 22.9 Å². The van der Waals surface area contributed by atoms with Crippen LogP contribution >= 0.6 is 15.9 Å². The molecule has 2 aromatic rings. The molecule has 21 heavy (non-hydrogen) atoms. The predicted molar refractivity (Wildman–Crippen MR) is 84.2 cm³/mol. The minimum Gasteiger partial charge on any atom is -0.307 e. The molecule has 1 amide bonds. The number of anilines is 1. The first-order chi connectivity index (χ1) is 10.2. The van der Waals surface area contributed by atoms with Crippen molar-refractivity contribution in [3.05, 3.63) is 40.8 Å². The summed E-state index contributed by atoms with van der Waals surface area (Å²) in [7, 11) is 0. The largest absolute Gasteiger partial charge is 0.307 e. The first kappa shape index (κ1) is 14.3. The van der Waals surface area contributed by atoms with Crippen molar-refractivity contribution in [2.24, 2.45) is 0 Å². The van der Waals surface area contributed by atoms with E-state index in [-0.39, 0.29) is 5.91 Å². The number of hydrogen-bond donors (Lipinski definition) is 1. The number of nitrogens with one attached hydrogen (secondary N) is 1. The SMILES string of the molecule is O=C(Nc1ccnn1C1CCCCC1)c1cncc(Br)c1. The number of hydrogen-bond acceptors (Lipinski definition) is 3. The highest BCUT2D eigenvalue weighted by Crippen LogP contribution is 2.30. The third kappa shape index (κ3) is 3.32. The smallest absolute Gasteiger partial charge is 0.258 e. The second-order valence-electron chi connectivity index (χ2n) is 5.30. The molecule has 0 unspecified atom stereocenters. The zero-order chi connectivity index (χ0) is 14.7. The van der Waals surface area contributed by atoms with Gasteiger partial charge in [0.05, 0.1) is 17.8 Å². The van der Waals surface area contributed by atoms with E-state index in [2.05, 4.69) is 31.3 Å². The number of rotatable bonds is 3. The first-order valence-electron chi connectivity index (χ1n) is 7.19. The molecule has 0 atom stereocenters. The van der Waals surface area contributed by atoms with Crippen LogP contribution in [0.2, 0.25) is 0 Å². The Kier molecular flexibility index (Phi) is 4.34. The Bertz CT molecular complexity index is 634. The van der Waals surface area contributed by atoms with Gasteiger partial charge < -0.3 is 5.32 Å². The van der Waals surface area contributed by atoms with Crippen molar-refractivity contribution in [1.82, 2.24) is 14.8 Å². The van der Waals surface area contributed by atoms with Crippen LogP contribution in [0.5, 0.6) is 0 Å². The van der Waals surface area contributed by atoms with Crippen molar-refractivity contribution >= 4 is 27.7 Å². The van der Waals surface area contributed by atoms with Crippen LogP contribution in [0, 0.1) is 0 Å². The van der Waals surface area contributed by atoms with Gasteiger partial charge in [-0.15, -0.1) is 0 Å². The number of amides is 1. The molecule has 0 saturated heterocycles. The Morgan fingerprint density at radius 2 is 2.10 bits per heavy atom. The van der Waals surface area contributed by atoms with E-state index < -0.39 is 0 Å². The van der Waals surface area contributed by atoms with E-state index >= 15 is 0 Å². The molecule has 0 spiro atoms. The van der Waals surface area contributed by atoms with Crippen LogP contribution in [-0.2, 0) is 0 Å². The third-order valence-electron chi connectivity index (χ3n) is 3.80. The molecule has 1 aliphatic carbocycles. The molecule has 1 aliphatic rings. The van der Waals surface area contributed by atoms with Gasteiger partial charge in [0.1, 0.15) is 5.82 Å². The van der Waals surface area contributed by atoms with E-state index in [1.807, 2.05) is 10.7 Å². The molecule has 3 rings (SSSR count). The summed E-state index contributed by atoms with van der Waals surface area (Å²) in [6.07, 6.45) is 11.0. The van der Waals surface area contributed by atoms with Gasteiger partial charge in [-0.05, 0) is 34.8 Å². The summed E-state index contributed by atoms with van der Waals surface area (Å²) in [5, 5.41) is 7.31. The average Bonchev–Trinajstić information content (AvgIpc) is 2.96. The van der Waals surface area contributed by atoms with Crippen molar-refractivity contribution in [2.75, 3.05) is 5.32 Å². The molecule has 0 bridgehead atoms. The maximum Gasteiger partial charge on any atom is 0.258 e. The van der Waals surface area contributed by atoms with Gasteiger partial charge in [-0.25, -0.2) is 4.68 Å². The maximum atomic E-state index is 12.3. The zero-order valence-corrected chi connectivity index (χ0v) is 13.2. The Hall–Kier alpha value is -1.69. The van der Waals surface area contributed by atoms with Gasteiger partial charge in [0.2, 0.25) is 0 Å². The van der Waals surface area contributed by atoms with Crippen molar-refractivity contribution in [1.29, 1.82) is 0 Å². The van der Waals surface area contributed by atoms with Gasteiger partial charge in [-0.1, -0.05) is 19.3 Å². The highest BCUT2D eigenvalue weighted by Gasteiger charge is 2.19. The minimum atomic E-state index is -0.165. The summed E-state index contributed by atoms with van der Waals surface area (Å²) in [6.45, 7) is 0. The number of carbonyl (C=O) groups excluding carboxylic acids is 1. The van der Waals surface area contributed by atoms with E-state index in [1.54, 1.807) is 24.7 Å². The van der Waals surface area contributed by atoms with E-state index in [0.29, 0.717) is 11.6 Å². The van der Waals surface area contributed by atoms with Crippen molar-refractivity contribution in [3.8, 4) is 0 Å². The van der Waals surface area contributed by atoms with Gasteiger partial charge in [-0.3, -0.25) is 9.78 Å². The van der Waals surface area contributed by atoms with Crippen LogP contribution in [0.1, 0.15) is 48.5 Å². The lowest BCUT2D eigenvalue weighted by molar-refractivity contribution is 0.102. The average molecular weight is 349 g/mol. The quantitative estimate of drug-likeness (QED) is 0.917. The Morgan fingerprint density at radius 1 is 1.29 bits per heavy atom. The number of halogens is 1. The van der Waals surface area contributed by atoms with Crippen molar-refractivity contribution in [3.63, 3.8) is 0 Å². The highest BCUT2D eigenvalue weighted by molar-refractivity contribution is 9.10. The summed E-state index contributed by atoms with van der Waals surface area (Å²) in [6, 6.07) is 3.99. The molecule has 0 aliphatic heterocycles. The molecule has 2 aromatic heterocycles. The van der Waals surface area contributed by atoms with Gasteiger partial charge in [0.15, 0.2) is 0 Å². The number of aromatic nitrogens is 3. The molecule has 1 saturated carbocycles. The fourth-order valence-corrected chi connectivity index (χ4v) is 3.12. The summed E-state index contributed by atoms with van der Waals surface area (Å²) in [5.74, 6) is 0.591. The van der Waals surface area contributed by atoms with Crippen molar-refractivity contribution < 1.29 is 4.79 Å². The molecule has 6 heteroatoms. The predicted octanol–water partition coefficient (Wildman–Crippen LogP) is 3.80. The lowest BCUT2D eigenvalue weighted by Crippen LogP contribution is -2.20. The Morgan fingerprint density at radius 3 is 2.86 bits per heavy atom. The van der Waals surface area contributed by atoms with E-state index in [1.165, 1.54) is 19.3 Å². The van der Waals surface area contributed by atoms with E-state index in [9.17, 15) is 4.79 Å². The fourth-order valence-electron chi connectivity index (χ4n) is 2.75. The second-order valence-corrected chi connectivity index (χ2v) is 6.21. The van der Waals surface area contributed by atoms with Crippen LogP contribution in [0.15, 0.2) is 35.2 Å². The van der Waals surface area contributed by atoms with E-state index in [0.717, 1.165) is 23.1 Å². The standard InChI is InChI=1S/C15H17BrN4O/c16-12-8-11(9-17-10-12)15(21)19-14-6-7-18-20(14)13-4-2-1-3-5-13/h6-10,13H,1-5H2,(H,19,21). The molecule has 5 nitrogen and oxygen atoms in total. The molecule has 1 fully saturated rings. The van der Waals surface area contributed by atoms with Gasteiger partial charge in [0.25, 0.3) is 5.91 Å². The van der Waals surface area contributed by atoms with Crippen LogP contribution in [-0.4, -0.2) is 20.7 Å². The van der Waals surface area contributed by atoms with Crippen LogP contribution in [0.4, 0.5) is 5.82 Å². The summed E-state index contributed by atoms with van der Waals surface area (Å²) < 4.78 is 2.73. The van der Waals surface area contributed by atoms with Crippen LogP contribution < -0.4 is 5.32 Å². The van der Waals surface area contributed by atoms with Gasteiger partial charge >= 0.3 is 0 Å². The minimum absolute atomic E-state index is 0.165.